The predicted octanol–water partition coefficient (Wildman–Crippen LogP) is 3.40. The van der Waals surface area contributed by atoms with Crippen LogP contribution in [0.3, 0.4) is 0 Å². The Hall–Kier alpha value is -0.180. The molecule has 0 radical (unpaired) electrons. The van der Waals surface area contributed by atoms with Crippen molar-refractivity contribution in [3.8, 4) is 0 Å². The molecule has 0 amide bonds. The first-order chi connectivity index (χ1) is 6.89. The van der Waals surface area contributed by atoms with Crippen LogP contribution in [0, 0.1) is 11.8 Å². The zero-order valence-electron chi connectivity index (χ0n) is 10.1. The molecule has 0 saturated carbocycles. The SMILES string of the molecule is CC(C)CCN1CCCC(C(C)(F)F)C1. The molecule has 1 aliphatic heterocycles. The van der Waals surface area contributed by atoms with Gasteiger partial charge < -0.3 is 4.90 Å². The quantitative estimate of drug-likeness (QED) is 0.700. The minimum Gasteiger partial charge on any atom is -0.303 e. The maximum atomic E-state index is 13.2. The van der Waals surface area contributed by atoms with Gasteiger partial charge in [0.05, 0.1) is 0 Å². The molecule has 1 rings (SSSR count). The lowest BCUT2D eigenvalue weighted by Crippen LogP contribution is -2.42. The van der Waals surface area contributed by atoms with Crippen LogP contribution in [0.2, 0.25) is 0 Å². The normalized spacial score (nSPS) is 24.8. The number of piperidine rings is 1. The largest absolute Gasteiger partial charge is 0.303 e. The van der Waals surface area contributed by atoms with Gasteiger partial charge in [-0.3, -0.25) is 0 Å². The van der Waals surface area contributed by atoms with Gasteiger partial charge in [0.15, 0.2) is 0 Å². The molecule has 1 heterocycles. The molecule has 1 unspecified atom stereocenters. The van der Waals surface area contributed by atoms with Crippen molar-refractivity contribution >= 4 is 0 Å². The molecular formula is C12H23F2N. The molecule has 0 bridgehead atoms. The van der Waals surface area contributed by atoms with E-state index in [1.54, 1.807) is 0 Å². The average Bonchev–Trinajstić information content (AvgIpc) is 2.14. The van der Waals surface area contributed by atoms with E-state index in [-0.39, 0.29) is 0 Å². The molecule has 0 N–H and O–H groups in total. The molecule has 1 aliphatic rings. The van der Waals surface area contributed by atoms with Crippen molar-refractivity contribution in [1.82, 2.24) is 4.90 Å². The number of alkyl halides is 2. The Labute approximate surface area is 91.8 Å². The summed E-state index contributed by atoms with van der Waals surface area (Å²) in [6.45, 7) is 7.97. The number of rotatable bonds is 4. The molecule has 1 fully saturated rings. The fraction of sp³-hybridized carbons (Fsp3) is 1.00. The Kier molecular flexibility index (Phi) is 4.50. The topological polar surface area (TPSA) is 3.24 Å². The summed E-state index contributed by atoms with van der Waals surface area (Å²) in [6.07, 6.45) is 2.72. The van der Waals surface area contributed by atoms with Crippen molar-refractivity contribution in [1.29, 1.82) is 0 Å². The lowest BCUT2D eigenvalue weighted by Gasteiger charge is -2.35. The predicted molar refractivity (Wildman–Crippen MR) is 59.2 cm³/mol. The van der Waals surface area contributed by atoms with Crippen LogP contribution in [-0.4, -0.2) is 30.5 Å². The minimum absolute atomic E-state index is 0.432. The van der Waals surface area contributed by atoms with E-state index in [9.17, 15) is 8.78 Å². The van der Waals surface area contributed by atoms with Gasteiger partial charge in [0.1, 0.15) is 0 Å². The van der Waals surface area contributed by atoms with Crippen LogP contribution in [0.5, 0.6) is 0 Å². The summed E-state index contributed by atoms with van der Waals surface area (Å²) in [7, 11) is 0. The zero-order valence-corrected chi connectivity index (χ0v) is 10.1. The highest BCUT2D eigenvalue weighted by molar-refractivity contribution is 4.80. The number of halogens is 2. The Morgan fingerprint density at radius 2 is 2.07 bits per heavy atom. The summed E-state index contributed by atoms with van der Waals surface area (Å²) in [5.74, 6) is -2.28. The van der Waals surface area contributed by atoms with E-state index < -0.39 is 11.8 Å². The maximum Gasteiger partial charge on any atom is 0.249 e. The average molecular weight is 219 g/mol. The molecule has 0 aliphatic carbocycles. The van der Waals surface area contributed by atoms with E-state index in [1.807, 2.05) is 0 Å². The molecule has 15 heavy (non-hydrogen) atoms. The fourth-order valence-corrected chi connectivity index (χ4v) is 2.11. The first kappa shape index (κ1) is 12.9. The van der Waals surface area contributed by atoms with E-state index in [2.05, 4.69) is 18.7 Å². The first-order valence-corrected chi connectivity index (χ1v) is 5.99. The van der Waals surface area contributed by atoms with Gasteiger partial charge >= 0.3 is 0 Å². The van der Waals surface area contributed by atoms with E-state index in [4.69, 9.17) is 0 Å². The van der Waals surface area contributed by atoms with Crippen LogP contribution in [0.4, 0.5) is 8.78 Å². The molecule has 1 atom stereocenters. The van der Waals surface area contributed by atoms with Crippen molar-refractivity contribution in [2.24, 2.45) is 11.8 Å². The highest BCUT2D eigenvalue weighted by atomic mass is 19.3. The smallest absolute Gasteiger partial charge is 0.249 e. The second-order valence-corrected chi connectivity index (χ2v) is 5.28. The van der Waals surface area contributed by atoms with Gasteiger partial charge in [0.25, 0.3) is 0 Å². The van der Waals surface area contributed by atoms with Gasteiger partial charge in [-0.25, -0.2) is 8.78 Å². The first-order valence-electron chi connectivity index (χ1n) is 5.99. The highest BCUT2D eigenvalue weighted by Crippen LogP contribution is 2.31. The summed E-state index contributed by atoms with van der Waals surface area (Å²) in [5, 5.41) is 0. The molecule has 0 aromatic rings. The van der Waals surface area contributed by atoms with Gasteiger partial charge in [-0.2, -0.15) is 0 Å². The molecule has 1 nitrogen and oxygen atoms in total. The van der Waals surface area contributed by atoms with E-state index in [0.29, 0.717) is 18.9 Å². The second-order valence-electron chi connectivity index (χ2n) is 5.28. The number of likely N-dealkylation sites (tertiary alicyclic amines) is 1. The zero-order chi connectivity index (χ0) is 11.5. The summed E-state index contributed by atoms with van der Waals surface area (Å²) in [4.78, 5) is 2.20. The summed E-state index contributed by atoms with van der Waals surface area (Å²) in [6, 6.07) is 0. The monoisotopic (exact) mass is 219 g/mol. The highest BCUT2D eigenvalue weighted by Gasteiger charge is 2.36. The Morgan fingerprint density at radius 3 is 2.60 bits per heavy atom. The second kappa shape index (κ2) is 5.24. The molecule has 90 valence electrons. The molecule has 0 aromatic carbocycles. The lowest BCUT2D eigenvalue weighted by molar-refractivity contribution is -0.0664. The molecule has 0 aromatic heterocycles. The Balaban J connectivity index is 2.36. The van der Waals surface area contributed by atoms with Crippen LogP contribution in [0.15, 0.2) is 0 Å². The molecule has 1 saturated heterocycles. The van der Waals surface area contributed by atoms with Crippen molar-refractivity contribution in [2.45, 2.75) is 46.0 Å². The third kappa shape index (κ3) is 4.45. The minimum atomic E-state index is -2.50. The Morgan fingerprint density at radius 1 is 1.40 bits per heavy atom. The van der Waals surface area contributed by atoms with Crippen molar-refractivity contribution in [2.75, 3.05) is 19.6 Å². The number of hydrogen-bond donors (Lipinski definition) is 0. The van der Waals surface area contributed by atoms with Crippen LogP contribution >= 0.6 is 0 Å². The van der Waals surface area contributed by atoms with Crippen LogP contribution in [0.1, 0.15) is 40.0 Å². The standard InChI is InChI=1S/C12H23F2N/c1-10(2)6-8-15-7-4-5-11(9-15)12(3,13)14/h10-11H,4-9H2,1-3H3. The van der Waals surface area contributed by atoms with Crippen molar-refractivity contribution in [3.63, 3.8) is 0 Å². The van der Waals surface area contributed by atoms with Crippen LogP contribution < -0.4 is 0 Å². The van der Waals surface area contributed by atoms with E-state index in [0.717, 1.165) is 32.9 Å². The lowest BCUT2D eigenvalue weighted by atomic mass is 9.92. The molecule has 0 spiro atoms. The molecular weight excluding hydrogens is 196 g/mol. The van der Waals surface area contributed by atoms with Crippen LogP contribution in [0.25, 0.3) is 0 Å². The summed E-state index contributed by atoms with van der Waals surface area (Å²) >= 11 is 0. The number of hydrogen-bond acceptors (Lipinski definition) is 1. The van der Waals surface area contributed by atoms with Crippen molar-refractivity contribution in [3.05, 3.63) is 0 Å². The van der Waals surface area contributed by atoms with Crippen molar-refractivity contribution < 1.29 is 8.78 Å². The molecule has 3 heteroatoms. The Bertz CT molecular complexity index is 187. The van der Waals surface area contributed by atoms with Crippen LogP contribution in [-0.2, 0) is 0 Å². The fourth-order valence-electron chi connectivity index (χ4n) is 2.11. The van der Waals surface area contributed by atoms with Gasteiger partial charge in [0, 0.05) is 12.5 Å². The van der Waals surface area contributed by atoms with E-state index in [1.165, 1.54) is 0 Å². The third-order valence-corrected chi connectivity index (χ3v) is 3.25. The number of nitrogens with zero attached hydrogens (tertiary/aromatic N) is 1. The van der Waals surface area contributed by atoms with Gasteiger partial charge in [-0.1, -0.05) is 13.8 Å². The summed E-state index contributed by atoms with van der Waals surface area (Å²) in [5.41, 5.74) is 0. The maximum absolute atomic E-state index is 13.2. The van der Waals surface area contributed by atoms with E-state index >= 15 is 0 Å². The van der Waals surface area contributed by atoms with Gasteiger partial charge in [0.2, 0.25) is 5.92 Å². The van der Waals surface area contributed by atoms with Gasteiger partial charge in [-0.15, -0.1) is 0 Å². The third-order valence-electron chi connectivity index (χ3n) is 3.25. The van der Waals surface area contributed by atoms with Gasteiger partial charge in [-0.05, 0) is 45.2 Å². The summed E-state index contributed by atoms with van der Waals surface area (Å²) < 4.78 is 26.3.